The van der Waals surface area contributed by atoms with Crippen LogP contribution in [0.4, 0.5) is 0 Å². The SMILES string of the molecule is Cc1c(O)cccc1C(=O)NCC1CCC(O)C1. The number of aliphatic hydroxyl groups is 1. The van der Waals surface area contributed by atoms with Gasteiger partial charge in [-0.15, -0.1) is 0 Å². The molecule has 4 heteroatoms. The van der Waals surface area contributed by atoms with Crippen LogP contribution in [0.2, 0.25) is 0 Å². The zero-order valence-corrected chi connectivity index (χ0v) is 10.5. The molecule has 0 aliphatic heterocycles. The van der Waals surface area contributed by atoms with Crippen molar-refractivity contribution in [3.05, 3.63) is 29.3 Å². The summed E-state index contributed by atoms with van der Waals surface area (Å²) in [5.41, 5.74) is 1.11. The lowest BCUT2D eigenvalue weighted by Crippen LogP contribution is -2.29. The normalized spacial score (nSPS) is 23.0. The van der Waals surface area contributed by atoms with Gasteiger partial charge in [-0.25, -0.2) is 0 Å². The molecule has 2 atom stereocenters. The summed E-state index contributed by atoms with van der Waals surface area (Å²) in [5, 5.41) is 21.8. The first-order chi connectivity index (χ1) is 8.58. The van der Waals surface area contributed by atoms with Gasteiger partial charge >= 0.3 is 0 Å². The van der Waals surface area contributed by atoms with E-state index in [4.69, 9.17) is 0 Å². The van der Waals surface area contributed by atoms with E-state index in [1.54, 1.807) is 25.1 Å². The first-order valence-corrected chi connectivity index (χ1v) is 6.32. The first kappa shape index (κ1) is 12.9. The van der Waals surface area contributed by atoms with E-state index >= 15 is 0 Å². The van der Waals surface area contributed by atoms with Crippen LogP contribution in [0, 0.1) is 12.8 Å². The van der Waals surface area contributed by atoms with E-state index in [1.165, 1.54) is 0 Å². The molecule has 98 valence electrons. The van der Waals surface area contributed by atoms with Gasteiger partial charge in [-0.1, -0.05) is 6.07 Å². The Morgan fingerprint density at radius 3 is 2.89 bits per heavy atom. The van der Waals surface area contributed by atoms with Crippen LogP contribution in [-0.4, -0.2) is 28.8 Å². The highest BCUT2D eigenvalue weighted by Gasteiger charge is 2.23. The second-order valence-corrected chi connectivity index (χ2v) is 4.99. The van der Waals surface area contributed by atoms with Crippen LogP contribution in [0.5, 0.6) is 5.75 Å². The van der Waals surface area contributed by atoms with E-state index in [0.717, 1.165) is 19.3 Å². The van der Waals surface area contributed by atoms with Crippen LogP contribution in [0.3, 0.4) is 0 Å². The quantitative estimate of drug-likeness (QED) is 0.762. The molecule has 3 N–H and O–H groups in total. The van der Waals surface area contributed by atoms with Gasteiger partial charge in [0.25, 0.3) is 5.91 Å². The summed E-state index contributed by atoms with van der Waals surface area (Å²) in [6, 6.07) is 4.93. The standard InChI is InChI=1S/C14H19NO3/c1-9-12(3-2-4-13(9)17)14(18)15-8-10-5-6-11(16)7-10/h2-4,10-11,16-17H,5-8H2,1H3,(H,15,18). The molecule has 1 aliphatic rings. The molecular weight excluding hydrogens is 230 g/mol. The average molecular weight is 249 g/mol. The molecule has 1 amide bonds. The molecule has 0 aromatic heterocycles. The molecule has 0 spiro atoms. The molecule has 0 heterocycles. The number of hydrogen-bond donors (Lipinski definition) is 3. The van der Waals surface area contributed by atoms with E-state index in [2.05, 4.69) is 5.32 Å². The van der Waals surface area contributed by atoms with E-state index in [9.17, 15) is 15.0 Å². The number of amides is 1. The van der Waals surface area contributed by atoms with Crippen molar-refractivity contribution in [1.82, 2.24) is 5.32 Å². The number of phenols is 1. The summed E-state index contributed by atoms with van der Waals surface area (Å²) >= 11 is 0. The fraction of sp³-hybridized carbons (Fsp3) is 0.500. The Labute approximate surface area is 107 Å². The molecule has 1 fully saturated rings. The minimum absolute atomic E-state index is 0.138. The van der Waals surface area contributed by atoms with Crippen LogP contribution >= 0.6 is 0 Å². The first-order valence-electron chi connectivity index (χ1n) is 6.32. The Bertz CT molecular complexity index is 445. The summed E-state index contributed by atoms with van der Waals surface area (Å²) < 4.78 is 0. The zero-order valence-electron chi connectivity index (χ0n) is 10.5. The molecule has 4 nitrogen and oxygen atoms in total. The lowest BCUT2D eigenvalue weighted by Gasteiger charge is -2.12. The number of carbonyl (C=O) groups is 1. The van der Waals surface area contributed by atoms with Gasteiger partial charge in [-0.2, -0.15) is 0 Å². The molecule has 1 aliphatic carbocycles. The lowest BCUT2D eigenvalue weighted by atomic mass is 10.1. The number of aromatic hydroxyl groups is 1. The Balaban J connectivity index is 1.94. The number of phenolic OH excluding ortho intramolecular Hbond substituents is 1. The maximum atomic E-state index is 12.0. The molecule has 1 aromatic carbocycles. The van der Waals surface area contributed by atoms with E-state index < -0.39 is 0 Å². The Morgan fingerprint density at radius 1 is 1.44 bits per heavy atom. The number of benzene rings is 1. The summed E-state index contributed by atoms with van der Waals surface area (Å²) in [6.07, 6.45) is 2.33. The number of nitrogens with one attached hydrogen (secondary N) is 1. The van der Waals surface area contributed by atoms with Gasteiger partial charge in [0.1, 0.15) is 5.75 Å². The van der Waals surface area contributed by atoms with Gasteiger partial charge in [0.2, 0.25) is 0 Å². The van der Waals surface area contributed by atoms with Gasteiger partial charge in [-0.3, -0.25) is 4.79 Å². The third-order valence-corrected chi connectivity index (χ3v) is 3.61. The maximum Gasteiger partial charge on any atom is 0.251 e. The summed E-state index contributed by atoms with van der Waals surface area (Å²) in [6.45, 7) is 2.31. The van der Waals surface area contributed by atoms with E-state index in [1.807, 2.05) is 0 Å². The monoisotopic (exact) mass is 249 g/mol. The highest BCUT2D eigenvalue weighted by molar-refractivity contribution is 5.96. The van der Waals surface area contributed by atoms with Gasteiger partial charge < -0.3 is 15.5 Å². The number of aliphatic hydroxyl groups excluding tert-OH is 1. The van der Waals surface area contributed by atoms with Crippen LogP contribution in [0.25, 0.3) is 0 Å². The summed E-state index contributed by atoms with van der Waals surface area (Å²) in [4.78, 5) is 12.0. The topological polar surface area (TPSA) is 69.6 Å². The molecule has 0 bridgehead atoms. The summed E-state index contributed by atoms with van der Waals surface area (Å²) in [5.74, 6) is 0.338. The Hall–Kier alpha value is -1.55. The van der Waals surface area contributed by atoms with Crippen LogP contribution in [-0.2, 0) is 0 Å². The summed E-state index contributed by atoms with van der Waals surface area (Å²) in [7, 11) is 0. The van der Waals surface area contributed by atoms with Crippen LogP contribution in [0.15, 0.2) is 18.2 Å². The highest BCUT2D eigenvalue weighted by Crippen LogP contribution is 2.25. The van der Waals surface area contributed by atoms with Crippen molar-refractivity contribution < 1.29 is 15.0 Å². The second kappa shape index (κ2) is 5.40. The highest BCUT2D eigenvalue weighted by atomic mass is 16.3. The predicted molar refractivity (Wildman–Crippen MR) is 68.5 cm³/mol. The predicted octanol–water partition coefficient (Wildman–Crippen LogP) is 1.59. The smallest absolute Gasteiger partial charge is 0.251 e. The molecule has 2 rings (SSSR count). The molecule has 0 saturated heterocycles. The molecule has 2 unspecified atom stereocenters. The third kappa shape index (κ3) is 2.82. The third-order valence-electron chi connectivity index (χ3n) is 3.61. The Kier molecular flexibility index (Phi) is 3.87. The van der Waals surface area contributed by atoms with Crippen molar-refractivity contribution in [1.29, 1.82) is 0 Å². The van der Waals surface area contributed by atoms with E-state index in [-0.39, 0.29) is 17.8 Å². The van der Waals surface area contributed by atoms with Crippen molar-refractivity contribution in [3.8, 4) is 5.75 Å². The van der Waals surface area contributed by atoms with Gasteiger partial charge in [0.05, 0.1) is 6.10 Å². The van der Waals surface area contributed by atoms with Crippen molar-refractivity contribution in [2.45, 2.75) is 32.3 Å². The molecular formula is C14H19NO3. The zero-order chi connectivity index (χ0) is 13.1. The molecule has 1 saturated carbocycles. The van der Waals surface area contributed by atoms with Crippen LogP contribution < -0.4 is 5.32 Å². The second-order valence-electron chi connectivity index (χ2n) is 4.99. The molecule has 1 aromatic rings. The van der Waals surface area contributed by atoms with E-state index in [0.29, 0.717) is 23.6 Å². The fourth-order valence-electron chi connectivity index (χ4n) is 2.44. The maximum absolute atomic E-state index is 12.0. The van der Waals surface area contributed by atoms with Crippen molar-refractivity contribution in [3.63, 3.8) is 0 Å². The fourth-order valence-corrected chi connectivity index (χ4v) is 2.44. The van der Waals surface area contributed by atoms with Gasteiger partial charge in [0, 0.05) is 17.7 Å². The molecule has 18 heavy (non-hydrogen) atoms. The van der Waals surface area contributed by atoms with Crippen molar-refractivity contribution >= 4 is 5.91 Å². The largest absolute Gasteiger partial charge is 0.508 e. The molecule has 0 radical (unpaired) electrons. The number of rotatable bonds is 3. The average Bonchev–Trinajstić information content (AvgIpc) is 2.76. The minimum atomic E-state index is -0.214. The van der Waals surface area contributed by atoms with Gasteiger partial charge in [-0.05, 0) is 44.2 Å². The number of carbonyl (C=O) groups excluding carboxylic acids is 1. The van der Waals surface area contributed by atoms with Gasteiger partial charge in [0.15, 0.2) is 0 Å². The van der Waals surface area contributed by atoms with Crippen molar-refractivity contribution in [2.24, 2.45) is 5.92 Å². The lowest BCUT2D eigenvalue weighted by molar-refractivity contribution is 0.0944. The van der Waals surface area contributed by atoms with Crippen molar-refractivity contribution in [2.75, 3.05) is 6.54 Å². The van der Waals surface area contributed by atoms with Crippen LogP contribution in [0.1, 0.15) is 35.2 Å². The minimum Gasteiger partial charge on any atom is -0.508 e. The Morgan fingerprint density at radius 2 is 2.22 bits per heavy atom. The number of hydrogen-bond acceptors (Lipinski definition) is 3.